The second-order valence-corrected chi connectivity index (χ2v) is 4.63. The zero-order valence-electron chi connectivity index (χ0n) is 12.1. The predicted octanol–water partition coefficient (Wildman–Crippen LogP) is 2.56. The molecule has 0 aromatic heterocycles. The quantitative estimate of drug-likeness (QED) is 0.430. The summed E-state index contributed by atoms with van der Waals surface area (Å²) in [6.07, 6.45) is 0.999. The zero-order valence-corrected chi connectivity index (χ0v) is 12.1. The first kappa shape index (κ1) is 16.5. The Morgan fingerprint density at radius 2 is 2.00 bits per heavy atom. The molecule has 20 heavy (non-hydrogen) atoms. The number of nitro groups is 1. The van der Waals surface area contributed by atoms with Gasteiger partial charge < -0.3 is 10.2 Å². The highest BCUT2D eigenvalue weighted by atomic mass is 19.1. The Morgan fingerprint density at radius 3 is 2.60 bits per heavy atom. The van der Waals surface area contributed by atoms with Gasteiger partial charge in [0.15, 0.2) is 0 Å². The van der Waals surface area contributed by atoms with Crippen molar-refractivity contribution in [3.63, 3.8) is 0 Å². The molecule has 0 aliphatic carbocycles. The van der Waals surface area contributed by atoms with E-state index in [0.29, 0.717) is 12.1 Å². The average Bonchev–Trinajstić information content (AvgIpc) is 2.42. The van der Waals surface area contributed by atoms with E-state index in [2.05, 4.69) is 24.1 Å². The first-order valence-electron chi connectivity index (χ1n) is 6.93. The van der Waals surface area contributed by atoms with Gasteiger partial charge in [0.05, 0.1) is 11.0 Å². The SMILES string of the molecule is CCN(CC)CCCNCc1cc(F)cc([N+](=O)[O-])c1. The lowest BCUT2D eigenvalue weighted by Gasteiger charge is -2.17. The maximum atomic E-state index is 13.2. The lowest BCUT2D eigenvalue weighted by atomic mass is 10.2. The minimum Gasteiger partial charge on any atom is -0.313 e. The molecule has 0 saturated carbocycles. The molecule has 0 heterocycles. The molecule has 0 saturated heterocycles. The van der Waals surface area contributed by atoms with Crippen LogP contribution >= 0.6 is 0 Å². The van der Waals surface area contributed by atoms with Crippen LogP contribution in [0.5, 0.6) is 0 Å². The van der Waals surface area contributed by atoms with Crippen molar-refractivity contribution in [3.05, 3.63) is 39.7 Å². The Labute approximate surface area is 118 Å². The van der Waals surface area contributed by atoms with Gasteiger partial charge in [0, 0.05) is 12.6 Å². The van der Waals surface area contributed by atoms with Crippen molar-refractivity contribution in [1.29, 1.82) is 0 Å². The maximum absolute atomic E-state index is 13.2. The van der Waals surface area contributed by atoms with Gasteiger partial charge in [0.25, 0.3) is 5.69 Å². The molecule has 0 bridgehead atoms. The summed E-state index contributed by atoms with van der Waals surface area (Å²) >= 11 is 0. The van der Waals surface area contributed by atoms with Crippen molar-refractivity contribution in [2.45, 2.75) is 26.8 Å². The number of nitro benzene ring substituents is 1. The smallest absolute Gasteiger partial charge is 0.272 e. The number of nitrogens with zero attached hydrogens (tertiary/aromatic N) is 2. The first-order valence-corrected chi connectivity index (χ1v) is 6.93. The molecule has 0 radical (unpaired) electrons. The van der Waals surface area contributed by atoms with E-state index in [1.807, 2.05) is 0 Å². The Kier molecular flexibility index (Phi) is 7.11. The number of nitrogens with one attached hydrogen (secondary N) is 1. The van der Waals surface area contributed by atoms with Crippen LogP contribution in [0.25, 0.3) is 0 Å². The largest absolute Gasteiger partial charge is 0.313 e. The van der Waals surface area contributed by atoms with Gasteiger partial charge in [-0.25, -0.2) is 4.39 Å². The van der Waals surface area contributed by atoms with Crippen LogP contribution < -0.4 is 5.32 Å². The predicted molar refractivity (Wildman–Crippen MR) is 77.2 cm³/mol. The van der Waals surface area contributed by atoms with E-state index in [1.165, 1.54) is 12.1 Å². The van der Waals surface area contributed by atoms with E-state index in [-0.39, 0.29) is 5.69 Å². The Hall–Kier alpha value is -1.53. The summed E-state index contributed by atoms with van der Waals surface area (Å²) in [5.41, 5.74) is 0.393. The van der Waals surface area contributed by atoms with Crippen LogP contribution in [-0.2, 0) is 6.54 Å². The van der Waals surface area contributed by atoms with Gasteiger partial charge in [-0.1, -0.05) is 13.8 Å². The molecule has 5 nitrogen and oxygen atoms in total. The fraction of sp³-hybridized carbons (Fsp3) is 0.571. The van der Waals surface area contributed by atoms with Gasteiger partial charge in [-0.3, -0.25) is 10.1 Å². The molecular weight excluding hydrogens is 261 g/mol. The standard InChI is InChI=1S/C14H22FN3O2/c1-3-17(4-2)7-5-6-16-11-12-8-13(15)10-14(9-12)18(19)20/h8-10,16H,3-7,11H2,1-2H3. The number of rotatable bonds is 9. The van der Waals surface area contributed by atoms with E-state index < -0.39 is 10.7 Å². The highest BCUT2D eigenvalue weighted by molar-refractivity contribution is 5.35. The number of non-ortho nitro benzene ring substituents is 1. The molecule has 112 valence electrons. The fourth-order valence-electron chi connectivity index (χ4n) is 2.04. The second-order valence-electron chi connectivity index (χ2n) is 4.63. The van der Waals surface area contributed by atoms with Gasteiger partial charge in [-0.2, -0.15) is 0 Å². The highest BCUT2D eigenvalue weighted by Gasteiger charge is 2.09. The molecule has 0 unspecified atom stereocenters. The van der Waals surface area contributed by atoms with Crippen molar-refractivity contribution in [2.75, 3.05) is 26.2 Å². The third-order valence-corrected chi connectivity index (χ3v) is 3.20. The minimum absolute atomic E-state index is 0.204. The number of hydrogen-bond donors (Lipinski definition) is 1. The summed E-state index contributed by atoms with van der Waals surface area (Å²) in [5, 5.41) is 13.8. The van der Waals surface area contributed by atoms with Crippen LogP contribution in [0.15, 0.2) is 18.2 Å². The maximum Gasteiger partial charge on any atom is 0.272 e. The van der Waals surface area contributed by atoms with Crippen LogP contribution in [0, 0.1) is 15.9 Å². The van der Waals surface area contributed by atoms with Gasteiger partial charge in [-0.05, 0) is 44.2 Å². The van der Waals surface area contributed by atoms with E-state index >= 15 is 0 Å². The van der Waals surface area contributed by atoms with Crippen molar-refractivity contribution in [2.24, 2.45) is 0 Å². The van der Waals surface area contributed by atoms with E-state index in [0.717, 1.165) is 38.7 Å². The van der Waals surface area contributed by atoms with Crippen LogP contribution in [0.4, 0.5) is 10.1 Å². The van der Waals surface area contributed by atoms with Crippen LogP contribution in [0.1, 0.15) is 25.8 Å². The molecule has 0 fully saturated rings. The molecule has 6 heteroatoms. The van der Waals surface area contributed by atoms with E-state index in [9.17, 15) is 14.5 Å². The number of benzene rings is 1. The minimum atomic E-state index is -0.576. The molecule has 1 N–H and O–H groups in total. The van der Waals surface area contributed by atoms with Crippen molar-refractivity contribution in [3.8, 4) is 0 Å². The third-order valence-electron chi connectivity index (χ3n) is 3.20. The summed E-state index contributed by atoms with van der Waals surface area (Å²) in [7, 11) is 0. The summed E-state index contributed by atoms with van der Waals surface area (Å²) in [6, 6.07) is 3.66. The molecule has 1 aromatic carbocycles. The third kappa shape index (κ3) is 5.63. The summed E-state index contributed by atoms with van der Waals surface area (Å²) in [6.45, 7) is 8.59. The summed E-state index contributed by atoms with van der Waals surface area (Å²) in [4.78, 5) is 12.4. The van der Waals surface area contributed by atoms with Gasteiger partial charge in [0.1, 0.15) is 5.82 Å². The highest BCUT2D eigenvalue weighted by Crippen LogP contribution is 2.16. The zero-order chi connectivity index (χ0) is 15.0. The van der Waals surface area contributed by atoms with Crippen LogP contribution in [-0.4, -0.2) is 36.0 Å². The topological polar surface area (TPSA) is 58.4 Å². The average molecular weight is 283 g/mol. The molecule has 1 aromatic rings. The molecule has 1 rings (SSSR count). The first-order chi connectivity index (χ1) is 9.56. The second kappa shape index (κ2) is 8.60. The molecule has 0 amide bonds. The molecule has 0 atom stereocenters. The number of halogens is 1. The van der Waals surface area contributed by atoms with Gasteiger partial charge in [0.2, 0.25) is 0 Å². The van der Waals surface area contributed by atoms with Crippen molar-refractivity contribution in [1.82, 2.24) is 10.2 Å². The fourth-order valence-corrected chi connectivity index (χ4v) is 2.04. The Morgan fingerprint density at radius 1 is 1.30 bits per heavy atom. The van der Waals surface area contributed by atoms with Gasteiger partial charge in [-0.15, -0.1) is 0 Å². The monoisotopic (exact) mass is 283 g/mol. The van der Waals surface area contributed by atoms with Crippen LogP contribution in [0.2, 0.25) is 0 Å². The molecule has 0 aliphatic heterocycles. The molecular formula is C14H22FN3O2. The van der Waals surface area contributed by atoms with Crippen LogP contribution in [0.3, 0.4) is 0 Å². The molecule has 0 aliphatic rings. The Bertz CT molecular complexity index is 436. The normalized spacial score (nSPS) is 11.0. The van der Waals surface area contributed by atoms with E-state index in [1.54, 1.807) is 0 Å². The van der Waals surface area contributed by atoms with Crippen molar-refractivity contribution < 1.29 is 9.31 Å². The van der Waals surface area contributed by atoms with E-state index in [4.69, 9.17) is 0 Å². The lowest BCUT2D eigenvalue weighted by Crippen LogP contribution is -2.27. The summed E-state index contributed by atoms with van der Waals surface area (Å²) < 4.78 is 13.2. The van der Waals surface area contributed by atoms with Crippen molar-refractivity contribution >= 4 is 5.69 Å². The molecule has 0 spiro atoms. The number of hydrogen-bond acceptors (Lipinski definition) is 4. The summed E-state index contributed by atoms with van der Waals surface area (Å²) in [5.74, 6) is -0.570. The Balaban J connectivity index is 2.37. The lowest BCUT2D eigenvalue weighted by molar-refractivity contribution is -0.385. The van der Waals surface area contributed by atoms with Gasteiger partial charge >= 0.3 is 0 Å².